The molecule has 0 fully saturated rings. The molecule has 0 saturated heterocycles. The third-order valence-corrected chi connectivity index (χ3v) is 1.98. The van der Waals surface area contributed by atoms with E-state index in [0.717, 1.165) is 5.56 Å². The topological polar surface area (TPSA) is 43.4 Å². The van der Waals surface area contributed by atoms with Crippen LogP contribution in [0.15, 0.2) is 18.2 Å². The smallest absolute Gasteiger partial charge is 0.379 e. The van der Waals surface area contributed by atoms with Crippen molar-refractivity contribution in [2.75, 3.05) is 6.61 Å². The standard InChI is InChI=1S/C11H11ClO3/c1-3-15-11(14)10(13)8-4-7(2)5-9(12)6-8/h4-6H,3H2,1-2H3. The summed E-state index contributed by atoms with van der Waals surface area (Å²) in [6.07, 6.45) is 0. The molecule has 0 N–H and O–H groups in total. The molecule has 0 aliphatic rings. The highest BCUT2D eigenvalue weighted by molar-refractivity contribution is 6.41. The molecule has 15 heavy (non-hydrogen) atoms. The lowest BCUT2D eigenvalue weighted by molar-refractivity contribution is -0.137. The number of aryl methyl sites for hydroxylation is 1. The number of carbonyl (C=O) groups excluding carboxylic acids is 2. The molecule has 0 unspecified atom stereocenters. The number of Topliss-reactive ketones (excluding diaryl/α,β-unsaturated/α-hetero) is 1. The molecule has 0 heterocycles. The van der Waals surface area contributed by atoms with Crippen molar-refractivity contribution in [2.24, 2.45) is 0 Å². The van der Waals surface area contributed by atoms with Crippen molar-refractivity contribution in [1.82, 2.24) is 0 Å². The lowest BCUT2D eigenvalue weighted by Crippen LogP contribution is -2.17. The first-order valence-corrected chi connectivity index (χ1v) is 4.91. The molecule has 0 aromatic heterocycles. The minimum Gasteiger partial charge on any atom is -0.460 e. The highest BCUT2D eigenvalue weighted by atomic mass is 35.5. The van der Waals surface area contributed by atoms with Gasteiger partial charge in [0.15, 0.2) is 0 Å². The number of carbonyl (C=O) groups is 2. The maximum Gasteiger partial charge on any atom is 0.379 e. The first kappa shape index (κ1) is 11.7. The van der Waals surface area contributed by atoms with Crippen LogP contribution in [-0.4, -0.2) is 18.4 Å². The van der Waals surface area contributed by atoms with Gasteiger partial charge < -0.3 is 4.74 Å². The second kappa shape index (κ2) is 4.94. The van der Waals surface area contributed by atoms with Gasteiger partial charge in [0.25, 0.3) is 5.78 Å². The predicted molar refractivity (Wildman–Crippen MR) is 57.2 cm³/mol. The number of esters is 1. The Labute approximate surface area is 93.0 Å². The monoisotopic (exact) mass is 226 g/mol. The molecule has 1 aromatic rings. The first-order chi connectivity index (χ1) is 7.04. The fraction of sp³-hybridized carbons (Fsp3) is 0.273. The van der Waals surface area contributed by atoms with Gasteiger partial charge in [0.1, 0.15) is 0 Å². The molecular weight excluding hydrogens is 216 g/mol. The number of rotatable bonds is 3. The van der Waals surface area contributed by atoms with Crippen molar-refractivity contribution in [1.29, 1.82) is 0 Å². The number of hydrogen-bond donors (Lipinski definition) is 0. The summed E-state index contributed by atoms with van der Waals surface area (Å²) in [7, 11) is 0. The summed E-state index contributed by atoms with van der Waals surface area (Å²) in [5.74, 6) is -1.51. The van der Waals surface area contributed by atoms with Crippen molar-refractivity contribution < 1.29 is 14.3 Å². The van der Waals surface area contributed by atoms with Crippen LogP contribution in [0.5, 0.6) is 0 Å². The second-order valence-electron chi connectivity index (χ2n) is 3.07. The number of benzene rings is 1. The van der Waals surface area contributed by atoms with E-state index >= 15 is 0 Å². The van der Waals surface area contributed by atoms with Gasteiger partial charge in [0.05, 0.1) is 6.61 Å². The van der Waals surface area contributed by atoms with E-state index in [4.69, 9.17) is 11.6 Å². The van der Waals surface area contributed by atoms with Crippen LogP contribution >= 0.6 is 11.6 Å². The number of ether oxygens (including phenoxy) is 1. The SMILES string of the molecule is CCOC(=O)C(=O)c1cc(C)cc(Cl)c1. The van der Waals surface area contributed by atoms with Gasteiger partial charge in [0, 0.05) is 10.6 Å². The third-order valence-electron chi connectivity index (χ3n) is 1.77. The van der Waals surface area contributed by atoms with Crippen LogP contribution in [0.2, 0.25) is 5.02 Å². The van der Waals surface area contributed by atoms with Gasteiger partial charge in [-0.15, -0.1) is 0 Å². The zero-order chi connectivity index (χ0) is 11.4. The molecule has 0 aliphatic carbocycles. The molecule has 4 heteroatoms. The quantitative estimate of drug-likeness (QED) is 0.452. The summed E-state index contributed by atoms with van der Waals surface area (Å²) in [6.45, 7) is 3.63. The fourth-order valence-corrected chi connectivity index (χ4v) is 1.47. The summed E-state index contributed by atoms with van der Waals surface area (Å²) in [4.78, 5) is 22.7. The molecule has 0 amide bonds. The third kappa shape index (κ3) is 3.06. The Morgan fingerprint density at radius 3 is 2.53 bits per heavy atom. The van der Waals surface area contributed by atoms with E-state index in [1.165, 1.54) is 6.07 Å². The minimum atomic E-state index is -0.848. The van der Waals surface area contributed by atoms with E-state index in [1.54, 1.807) is 26.0 Å². The molecule has 3 nitrogen and oxygen atoms in total. The van der Waals surface area contributed by atoms with E-state index in [1.807, 2.05) is 0 Å². The average molecular weight is 227 g/mol. The second-order valence-corrected chi connectivity index (χ2v) is 3.50. The van der Waals surface area contributed by atoms with Gasteiger partial charge in [-0.1, -0.05) is 11.6 Å². The van der Waals surface area contributed by atoms with E-state index in [-0.39, 0.29) is 12.2 Å². The van der Waals surface area contributed by atoms with Gasteiger partial charge >= 0.3 is 5.97 Å². The molecule has 1 rings (SSSR count). The summed E-state index contributed by atoms with van der Waals surface area (Å²) in [5.41, 5.74) is 1.09. The van der Waals surface area contributed by atoms with Crippen LogP contribution in [0.4, 0.5) is 0 Å². The highest BCUT2D eigenvalue weighted by Crippen LogP contribution is 2.15. The zero-order valence-corrected chi connectivity index (χ0v) is 9.30. The van der Waals surface area contributed by atoms with Crippen LogP contribution in [0, 0.1) is 6.92 Å². The number of hydrogen-bond acceptors (Lipinski definition) is 3. The Hall–Kier alpha value is -1.35. The first-order valence-electron chi connectivity index (χ1n) is 4.53. The molecule has 0 atom stereocenters. The summed E-state index contributed by atoms with van der Waals surface area (Å²) in [5, 5.41) is 0.433. The Balaban J connectivity index is 2.96. The molecule has 0 saturated carbocycles. The lowest BCUT2D eigenvalue weighted by atomic mass is 10.1. The molecule has 0 spiro atoms. The van der Waals surface area contributed by atoms with Gasteiger partial charge in [-0.3, -0.25) is 4.79 Å². The Kier molecular flexibility index (Phi) is 3.86. The summed E-state index contributed by atoms with van der Waals surface area (Å²) >= 11 is 5.77. The molecule has 0 radical (unpaired) electrons. The minimum absolute atomic E-state index is 0.185. The molecule has 0 aliphatic heterocycles. The molecule has 80 valence electrons. The largest absolute Gasteiger partial charge is 0.460 e. The Morgan fingerprint density at radius 1 is 1.33 bits per heavy atom. The van der Waals surface area contributed by atoms with Crippen molar-refractivity contribution in [2.45, 2.75) is 13.8 Å². The van der Waals surface area contributed by atoms with Crippen molar-refractivity contribution in [3.8, 4) is 0 Å². The summed E-state index contributed by atoms with van der Waals surface area (Å²) < 4.78 is 4.61. The van der Waals surface area contributed by atoms with E-state index in [0.29, 0.717) is 5.02 Å². The summed E-state index contributed by atoms with van der Waals surface area (Å²) in [6, 6.07) is 4.77. The number of halogens is 1. The fourth-order valence-electron chi connectivity index (χ4n) is 1.18. The Morgan fingerprint density at radius 2 is 2.00 bits per heavy atom. The zero-order valence-electron chi connectivity index (χ0n) is 8.54. The van der Waals surface area contributed by atoms with Crippen LogP contribution < -0.4 is 0 Å². The highest BCUT2D eigenvalue weighted by Gasteiger charge is 2.17. The molecular formula is C11H11ClO3. The van der Waals surface area contributed by atoms with Crippen LogP contribution in [-0.2, 0) is 9.53 Å². The van der Waals surface area contributed by atoms with Crippen molar-refractivity contribution >= 4 is 23.4 Å². The van der Waals surface area contributed by atoms with E-state index in [9.17, 15) is 9.59 Å². The maximum absolute atomic E-state index is 11.5. The Bertz CT molecular complexity index is 379. The lowest BCUT2D eigenvalue weighted by Gasteiger charge is -2.02. The predicted octanol–water partition coefficient (Wildman–Crippen LogP) is 2.39. The van der Waals surface area contributed by atoms with Crippen molar-refractivity contribution in [3.05, 3.63) is 34.3 Å². The van der Waals surface area contributed by atoms with Gasteiger partial charge in [-0.2, -0.15) is 0 Å². The maximum atomic E-state index is 11.5. The average Bonchev–Trinajstić information content (AvgIpc) is 2.15. The van der Waals surface area contributed by atoms with Gasteiger partial charge in [-0.25, -0.2) is 4.79 Å². The molecule has 0 bridgehead atoms. The van der Waals surface area contributed by atoms with Crippen LogP contribution in [0.3, 0.4) is 0 Å². The van der Waals surface area contributed by atoms with E-state index < -0.39 is 11.8 Å². The van der Waals surface area contributed by atoms with Gasteiger partial charge in [-0.05, 0) is 37.6 Å². The van der Waals surface area contributed by atoms with Crippen LogP contribution in [0.25, 0.3) is 0 Å². The van der Waals surface area contributed by atoms with Crippen LogP contribution in [0.1, 0.15) is 22.8 Å². The normalized spacial score (nSPS) is 9.80. The van der Waals surface area contributed by atoms with Crippen molar-refractivity contribution in [3.63, 3.8) is 0 Å². The molecule has 1 aromatic carbocycles. The van der Waals surface area contributed by atoms with E-state index in [2.05, 4.69) is 4.74 Å². The van der Waals surface area contributed by atoms with Gasteiger partial charge in [0.2, 0.25) is 0 Å². The number of ketones is 1.